The normalized spacial score (nSPS) is 21.6. The lowest BCUT2D eigenvalue weighted by molar-refractivity contribution is -0.140. The van der Waals surface area contributed by atoms with Gasteiger partial charge >= 0.3 is 5.97 Å². The van der Waals surface area contributed by atoms with E-state index in [1.54, 1.807) is 25.2 Å². The average Bonchev–Trinajstić information content (AvgIpc) is 2.69. The molecule has 2 rings (SSSR count). The van der Waals surface area contributed by atoms with Crippen LogP contribution in [0.2, 0.25) is 0 Å². The van der Waals surface area contributed by atoms with Gasteiger partial charge in [-0.1, -0.05) is 26.0 Å². The van der Waals surface area contributed by atoms with Gasteiger partial charge in [-0.05, 0) is 30.9 Å². The highest BCUT2D eigenvalue weighted by molar-refractivity contribution is 5.99. The molecule has 9 heteroatoms. The highest BCUT2D eigenvalue weighted by Crippen LogP contribution is 2.19. The fourth-order valence-corrected chi connectivity index (χ4v) is 3.18. The van der Waals surface area contributed by atoms with Crippen molar-refractivity contribution in [3.63, 3.8) is 0 Å². The van der Waals surface area contributed by atoms with Gasteiger partial charge in [0.05, 0.1) is 12.1 Å². The summed E-state index contributed by atoms with van der Waals surface area (Å²) < 4.78 is 5.70. The molecule has 1 aromatic rings. The van der Waals surface area contributed by atoms with E-state index in [0.29, 0.717) is 12.2 Å². The minimum atomic E-state index is -1.25. The van der Waals surface area contributed by atoms with E-state index < -0.39 is 29.9 Å². The van der Waals surface area contributed by atoms with Crippen molar-refractivity contribution in [2.24, 2.45) is 5.92 Å². The number of carbonyl (C=O) groups excluding carboxylic acids is 3. The standard InChI is InChI=1S/C21H29N3O6/c1-13(2)12-16-20(27)24(3)10-11-30-17-7-5-4-6-14(17)19(26)23-15(21(28)29)8-9-18(25)22-16/h4-7,13,15-16H,8-12H2,1-3H3,(H,22,25)(H,23,26)(H,28,29)/t15-,16+/m0/s1. The zero-order chi connectivity index (χ0) is 22.3. The maximum atomic E-state index is 12.8. The van der Waals surface area contributed by atoms with Gasteiger partial charge in [0.2, 0.25) is 11.8 Å². The summed E-state index contributed by atoms with van der Waals surface area (Å²) in [5, 5.41) is 14.6. The molecular formula is C21H29N3O6. The molecule has 3 amide bonds. The molecule has 0 unspecified atom stereocenters. The second kappa shape index (κ2) is 10.6. The van der Waals surface area contributed by atoms with Gasteiger partial charge in [-0.2, -0.15) is 0 Å². The van der Waals surface area contributed by atoms with Crippen molar-refractivity contribution >= 4 is 23.7 Å². The third-order valence-electron chi connectivity index (χ3n) is 4.80. The second-order valence-electron chi connectivity index (χ2n) is 7.76. The Hall–Kier alpha value is -3.10. The number of carbonyl (C=O) groups is 4. The average molecular weight is 419 g/mol. The summed E-state index contributed by atoms with van der Waals surface area (Å²) >= 11 is 0. The number of hydrogen-bond acceptors (Lipinski definition) is 5. The Morgan fingerprint density at radius 1 is 1.23 bits per heavy atom. The first-order valence-electron chi connectivity index (χ1n) is 9.99. The van der Waals surface area contributed by atoms with E-state index in [4.69, 9.17) is 4.74 Å². The summed E-state index contributed by atoms with van der Waals surface area (Å²) in [6.07, 6.45) is 0.215. The second-order valence-corrected chi connectivity index (χ2v) is 7.76. The number of carboxylic acid groups (broad SMARTS) is 1. The van der Waals surface area contributed by atoms with E-state index in [1.165, 1.54) is 11.0 Å². The largest absolute Gasteiger partial charge is 0.491 e. The van der Waals surface area contributed by atoms with Gasteiger partial charge in [0.25, 0.3) is 5.91 Å². The van der Waals surface area contributed by atoms with Crippen LogP contribution >= 0.6 is 0 Å². The Labute approximate surface area is 175 Å². The van der Waals surface area contributed by atoms with Crippen LogP contribution in [0.5, 0.6) is 5.75 Å². The summed E-state index contributed by atoms with van der Waals surface area (Å²) in [6, 6.07) is 4.52. The number of nitrogens with zero attached hydrogens (tertiary/aromatic N) is 1. The number of amides is 3. The minimum absolute atomic E-state index is 0.103. The van der Waals surface area contributed by atoms with Crippen LogP contribution in [0.3, 0.4) is 0 Å². The van der Waals surface area contributed by atoms with Crippen LogP contribution in [0.15, 0.2) is 24.3 Å². The van der Waals surface area contributed by atoms with E-state index in [2.05, 4.69) is 10.6 Å². The van der Waals surface area contributed by atoms with Crippen LogP contribution in [0.25, 0.3) is 0 Å². The van der Waals surface area contributed by atoms with E-state index in [0.717, 1.165) is 0 Å². The number of nitrogens with one attached hydrogen (secondary N) is 2. The number of aliphatic carboxylic acids is 1. The quantitative estimate of drug-likeness (QED) is 0.672. The van der Waals surface area contributed by atoms with Gasteiger partial charge in [0, 0.05) is 13.5 Å². The number of carboxylic acids is 1. The van der Waals surface area contributed by atoms with Crippen molar-refractivity contribution in [3.8, 4) is 5.75 Å². The van der Waals surface area contributed by atoms with Crippen molar-refractivity contribution in [1.82, 2.24) is 15.5 Å². The van der Waals surface area contributed by atoms with Crippen LogP contribution in [0.1, 0.15) is 43.5 Å². The van der Waals surface area contributed by atoms with Gasteiger partial charge in [-0.3, -0.25) is 14.4 Å². The summed E-state index contributed by atoms with van der Waals surface area (Å²) in [7, 11) is 1.63. The smallest absolute Gasteiger partial charge is 0.326 e. The van der Waals surface area contributed by atoms with Gasteiger partial charge in [-0.15, -0.1) is 0 Å². The number of benzene rings is 1. The highest BCUT2D eigenvalue weighted by Gasteiger charge is 2.27. The lowest BCUT2D eigenvalue weighted by Gasteiger charge is -2.26. The zero-order valence-corrected chi connectivity index (χ0v) is 17.5. The number of ether oxygens (including phenoxy) is 1. The lowest BCUT2D eigenvalue weighted by atomic mass is 10.0. The van der Waals surface area contributed by atoms with Crippen LogP contribution < -0.4 is 15.4 Å². The first-order valence-corrected chi connectivity index (χ1v) is 9.99. The molecule has 0 saturated heterocycles. The van der Waals surface area contributed by atoms with Gasteiger partial charge in [0.15, 0.2) is 0 Å². The van der Waals surface area contributed by atoms with Gasteiger partial charge in [-0.25, -0.2) is 4.79 Å². The SMILES string of the molecule is CC(C)C[C@H]1NC(=O)CC[C@@H](C(=O)O)NC(=O)c2ccccc2OCCN(C)C1=O. The summed E-state index contributed by atoms with van der Waals surface area (Å²) in [4.78, 5) is 50.9. The predicted molar refractivity (Wildman–Crippen MR) is 109 cm³/mol. The minimum Gasteiger partial charge on any atom is -0.491 e. The van der Waals surface area contributed by atoms with Crippen molar-refractivity contribution in [1.29, 1.82) is 0 Å². The van der Waals surface area contributed by atoms with Gasteiger partial charge < -0.3 is 25.4 Å². The Morgan fingerprint density at radius 3 is 2.60 bits per heavy atom. The third-order valence-corrected chi connectivity index (χ3v) is 4.80. The molecule has 0 fully saturated rings. The predicted octanol–water partition coefficient (Wildman–Crippen LogP) is 1.03. The van der Waals surface area contributed by atoms with E-state index in [-0.39, 0.29) is 43.4 Å². The number of para-hydroxylation sites is 1. The number of hydrogen-bond donors (Lipinski definition) is 3. The summed E-state index contributed by atoms with van der Waals surface area (Å²) in [5.41, 5.74) is 0.190. The molecule has 1 aliphatic heterocycles. The molecule has 9 nitrogen and oxygen atoms in total. The van der Waals surface area contributed by atoms with Crippen molar-refractivity contribution in [3.05, 3.63) is 29.8 Å². The molecule has 0 radical (unpaired) electrons. The topological polar surface area (TPSA) is 125 Å². The molecule has 0 bridgehead atoms. The molecule has 1 aromatic carbocycles. The van der Waals surface area contributed by atoms with E-state index in [1.807, 2.05) is 13.8 Å². The molecule has 30 heavy (non-hydrogen) atoms. The number of fused-ring (bicyclic) bond motifs is 1. The molecule has 0 aliphatic carbocycles. The Balaban J connectivity index is 2.30. The van der Waals surface area contributed by atoms with Crippen LogP contribution in [-0.4, -0.2) is 66.0 Å². The fraction of sp³-hybridized carbons (Fsp3) is 0.524. The Morgan fingerprint density at radius 2 is 1.93 bits per heavy atom. The van der Waals surface area contributed by atoms with Crippen LogP contribution in [-0.2, 0) is 14.4 Å². The third kappa shape index (κ3) is 6.47. The molecule has 1 aliphatic rings. The molecule has 1 heterocycles. The molecule has 3 N–H and O–H groups in total. The molecule has 0 saturated carbocycles. The summed E-state index contributed by atoms with van der Waals surface area (Å²) in [5.74, 6) is -2.06. The number of likely N-dealkylation sites (N-methyl/N-ethyl adjacent to an activating group) is 1. The van der Waals surface area contributed by atoms with Crippen LogP contribution in [0, 0.1) is 5.92 Å². The Bertz CT molecular complexity index is 795. The maximum absolute atomic E-state index is 12.8. The van der Waals surface area contributed by atoms with Crippen molar-refractivity contribution in [2.45, 2.75) is 45.2 Å². The highest BCUT2D eigenvalue weighted by atomic mass is 16.5. The zero-order valence-electron chi connectivity index (χ0n) is 17.5. The van der Waals surface area contributed by atoms with Gasteiger partial charge in [0.1, 0.15) is 24.4 Å². The summed E-state index contributed by atoms with van der Waals surface area (Å²) in [6.45, 7) is 4.30. The lowest BCUT2D eigenvalue weighted by Crippen LogP contribution is -2.49. The molecule has 0 aromatic heterocycles. The van der Waals surface area contributed by atoms with E-state index >= 15 is 0 Å². The van der Waals surface area contributed by atoms with E-state index in [9.17, 15) is 24.3 Å². The fourth-order valence-electron chi connectivity index (χ4n) is 3.18. The Kier molecular flexibility index (Phi) is 8.20. The number of rotatable bonds is 3. The first kappa shape index (κ1) is 23.2. The molecule has 164 valence electrons. The maximum Gasteiger partial charge on any atom is 0.326 e. The molecular weight excluding hydrogens is 390 g/mol. The van der Waals surface area contributed by atoms with Crippen LogP contribution in [0.4, 0.5) is 0 Å². The molecule has 2 atom stereocenters. The monoisotopic (exact) mass is 419 g/mol. The van der Waals surface area contributed by atoms with Crippen molar-refractivity contribution < 1.29 is 29.0 Å². The van der Waals surface area contributed by atoms with Crippen molar-refractivity contribution in [2.75, 3.05) is 20.2 Å². The molecule has 0 spiro atoms. The first-order chi connectivity index (χ1) is 14.2.